The lowest BCUT2D eigenvalue weighted by molar-refractivity contribution is -0.936. The van der Waals surface area contributed by atoms with Crippen LogP contribution in [-0.2, 0) is 16.1 Å². The predicted octanol–water partition coefficient (Wildman–Crippen LogP) is 0.884. The number of carbonyl (C=O) groups is 2. The van der Waals surface area contributed by atoms with Crippen molar-refractivity contribution in [1.29, 1.82) is 0 Å². The Bertz CT molecular complexity index is 393. The van der Waals surface area contributed by atoms with Crippen molar-refractivity contribution < 1.29 is 24.3 Å². The van der Waals surface area contributed by atoms with E-state index in [0.29, 0.717) is 0 Å². The molecule has 0 saturated carbocycles. The molecule has 0 amide bonds. The maximum Gasteiger partial charge on any atom is 0.351 e. The normalized spacial score (nSPS) is 10.3. The van der Waals surface area contributed by atoms with E-state index in [0.717, 1.165) is 0 Å². The highest BCUT2D eigenvalue weighted by Gasteiger charge is 2.20. The lowest BCUT2D eigenvalue weighted by atomic mass is 10.2. The first kappa shape index (κ1) is 18.1. The van der Waals surface area contributed by atoms with Gasteiger partial charge in [-0.1, -0.05) is 30.3 Å². The van der Waals surface area contributed by atoms with Crippen molar-refractivity contribution in [2.75, 3.05) is 19.6 Å². The van der Waals surface area contributed by atoms with Crippen molar-refractivity contribution in [1.82, 2.24) is 0 Å². The number of rotatable bonds is 5. The molecule has 1 aromatic carbocycles. The Kier molecular flexibility index (Phi) is 8.24. The van der Waals surface area contributed by atoms with Gasteiger partial charge in [-0.05, 0) is 20.8 Å². The minimum atomic E-state index is -2.07. The highest BCUT2D eigenvalue weighted by molar-refractivity contribution is 6.26. The van der Waals surface area contributed by atoms with Crippen molar-refractivity contribution >= 4 is 11.9 Å². The summed E-state index contributed by atoms with van der Waals surface area (Å²) in [5.74, 6) is -4.01. The van der Waals surface area contributed by atoms with Crippen molar-refractivity contribution in [2.45, 2.75) is 27.3 Å². The van der Waals surface area contributed by atoms with Gasteiger partial charge in [-0.3, -0.25) is 0 Å². The van der Waals surface area contributed by atoms with Crippen molar-refractivity contribution in [3.8, 4) is 0 Å². The molecule has 0 unspecified atom stereocenters. The number of hydrogen-bond acceptors (Lipinski definition) is 3. The van der Waals surface area contributed by atoms with Crippen LogP contribution in [0.5, 0.6) is 0 Å². The number of carbonyl (C=O) groups excluding carboxylic acids is 1. The number of carboxylic acid groups (broad SMARTS) is 2. The fourth-order valence-corrected chi connectivity index (χ4v) is 1.98. The van der Waals surface area contributed by atoms with Crippen LogP contribution in [0.25, 0.3) is 0 Å². The molecule has 0 heterocycles. The van der Waals surface area contributed by atoms with Gasteiger partial charge in [0.25, 0.3) is 0 Å². The fraction of sp³-hybridized carbons (Fsp3) is 0.467. The Labute approximate surface area is 120 Å². The van der Waals surface area contributed by atoms with Crippen LogP contribution in [0.1, 0.15) is 26.3 Å². The van der Waals surface area contributed by atoms with Crippen LogP contribution < -0.4 is 5.11 Å². The van der Waals surface area contributed by atoms with Gasteiger partial charge >= 0.3 is 5.97 Å². The maximum absolute atomic E-state index is 9.04. The summed E-state index contributed by atoms with van der Waals surface area (Å²) in [5, 5.41) is 16.3. The van der Waals surface area contributed by atoms with Crippen LogP contribution in [0, 0.1) is 0 Å². The molecule has 1 aromatic rings. The highest BCUT2D eigenvalue weighted by Crippen LogP contribution is 2.13. The number of nitrogens with zero attached hydrogens (tertiary/aromatic N) is 1. The average Bonchev–Trinajstić information content (AvgIpc) is 2.46. The molecule has 0 saturated heterocycles. The van der Waals surface area contributed by atoms with E-state index in [1.807, 2.05) is 0 Å². The van der Waals surface area contributed by atoms with Gasteiger partial charge in [-0.15, -0.1) is 0 Å². The average molecular weight is 281 g/mol. The largest absolute Gasteiger partial charge is 0.539 e. The van der Waals surface area contributed by atoms with Gasteiger partial charge < -0.3 is 19.5 Å². The predicted molar refractivity (Wildman–Crippen MR) is 74.7 cm³/mol. The van der Waals surface area contributed by atoms with E-state index >= 15 is 0 Å². The molecular weight excluding hydrogens is 258 g/mol. The van der Waals surface area contributed by atoms with E-state index in [2.05, 4.69) is 51.1 Å². The Hall–Kier alpha value is -1.88. The van der Waals surface area contributed by atoms with E-state index in [1.165, 1.54) is 36.2 Å². The van der Waals surface area contributed by atoms with Crippen molar-refractivity contribution in [2.24, 2.45) is 0 Å². The molecule has 1 N–H and O–H groups in total. The van der Waals surface area contributed by atoms with Crippen LogP contribution >= 0.6 is 0 Å². The van der Waals surface area contributed by atoms with Gasteiger partial charge in [0.2, 0.25) is 0 Å². The lowest BCUT2D eigenvalue weighted by Gasteiger charge is -2.35. The first-order valence-corrected chi connectivity index (χ1v) is 6.74. The molecule has 0 radical (unpaired) electrons. The van der Waals surface area contributed by atoms with E-state index in [1.54, 1.807) is 0 Å². The maximum atomic E-state index is 9.04. The smallest absolute Gasteiger partial charge is 0.351 e. The van der Waals surface area contributed by atoms with E-state index in [4.69, 9.17) is 19.8 Å². The topological polar surface area (TPSA) is 77.4 Å². The second-order valence-corrected chi connectivity index (χ2v) is 4.53. The Morgan fingerprint density at radius 2 is 1.45 bits per heavy atom. The summed E-state index contributed by atoms with van der Waals surface area (Å²) < 4.78 is 1.20. The Morgan fingerprint density at radius 3 is 1.75 bits per heavy atom. The SMILES string of the molecule is CC[N+](CC)(CC)Cc1ccccc1.O=C([O-])C(=O)O. The van der Waals surface area contributed by atoms with Crippen LogP contribution in [0.3, 0.4) is 0 Å². The van der Waals surface area contributed by atoms with Crippen LogP contribution in [0.15, 0.2) is 30.3 Å². The van der Waals surface area contributed by atoms with Crippen LogP contribution in [0.2, 0.25) is 0 Å². The van der Waals surface area contributed by atoms with Gasteiger partial charge in [-0.25, -0.2) is 4.79 Å². The molecular formula is C15H23NO4. The molecule has 1 rings (SSSR count). The van der Waals surface area contributed by atoms with Crippen LogP contribution in [0.4, 0.5) is 0 Å². The summed E-state index contributed by atoms with van der Waals surface area (Å²) in [6, 6.07) is 10.8. The summed E-state index contributed by atoms with van der Waals surface area (Å²) in [7, 11) is 0. The first-order chi connectivity index (χ1) is 9.40. The quantitative estimate of drug-likeness (QED) is 0.642. The van der Waals surface area contributed by atoms with Gasteiger partial charge in [0.05, 0.1) is 19.6 Å². The van der Waals surface area contributed by atoms with Crippen molar-refractivity contribution in [3.05, 3.63) is 35.9 Å². The van der Waals surface area contributed by atoms with Gasteiger partial charge in [0, 0.05) is 5.56 Å². The number of aliphatic carboxylic acids is 2. The second kappa shape index (κ2) is 9.09. The zero-order valence-corrected chi connectivity index (χ0v) is 12.3. The zero-order chi connectivity index (χ0) is 15.6. The molecule has 20 heavy (non-hydrogen) atoms. The van der Waals surface area contributed by atoms with E-state index in [9.17, 15) is 0 Å². The summed E-state index contributed by atoms with van der Waals surface area (Å²) in [6.07, 6.45) is 0. The first-order valence-electron chi connectivity index (χ1n) is 6.74. The van der Waals surface area contributed by atoms with Gasteiger partial charge in [0.1, 0.15) is 6.54 Å². The van der Waals surface area contributed by atoms with Crippen LogP contribution in [-0.4, -0.2) is 41.2 Å². The molecule has 112 valence electrons. The minimum absolute atomic E-state index is 1.17. The molecule has 0 aliphatic heterocycles. The molecule has 0 atom stereocenters. The van der Waals surface area contributed by atoms with E-state index < -0.39 is 11.9 Å². The van der Waals surface area contributed by atoms with Crippen molar-refractivity contribution in [3.63, 3.8) is 0 Å². The number of benzene rings is 1. The Morgan fingerprint density at radius 1 is 1.05 bits per heavy atom. The number of carboxylic acids is 2. The summed E-state index contributed by atoms with van der Waals surface area (Å²) in [4.78, 5) is 18.0. The lowest BCUT2D eigenvalue weighted by Crippen LogP contribution is -2.46. The molecule has 0 aliphatic carbocycles. The third-order valence-corrected chi connectivity index (χ3v) is 3.55. The Balaban J connectivity index is 0.000000511. The fourth-order valence-electron chi connectivity index (χ4n) is 1.98. The zero-order valence-electron chi connectivity index (χ0n) is 12.3. The highest BCUT2D eigenvalue weighted by atomic mass is 16.4. The summed E-state index contributed by atoms with van der Waals surface area (Å²) in [5.41, 5.74) is 1.46. The molecule has 5 heteroatoms. The monoisotopic (exact) mass is 281 g/mol. The third kappa shape index (κ3) is 6.33. The molecule has 0 aliphatic rings. The summed E-state index contributed by atoms with van der Waals surface area (Å²) in [6.45, 7) is 11.7. The number of hydrogen-bond donors (Lipinski definition) is 1. The standard InChI is InChI=1S/C13H22N.C2H2O4/c1-4-14(5-2,6-3)12-13-10-8-7-9-11-13;3-1(4)2(5)6/h7-11H,4-6,12H2,1-3H3;(H,3,4)(H,5,6)/q+1;/p-1. The van der Waals surface area contributed by atoms with Gasteiger partial charge in [0.15, 0.2) is 5.97 Å². The minimum Gasteiger partial charge on any atom is -0.539 e. The molecule has 0 spiro atoms. The number of quaternary nitrogens is 1. The molecule has 5 nitrogen and oxygen atoms in total. The summed E-state index contributed by atoms with van der Waals surface area (Å²) >= 11 is 0. The molecule has 0 bridgehead atoms. The molecule has 0 aromatic heterocycles. The molecule has 0 fully saturated rings. The van der Waals surface area contributed by atoms with E-state index in [-0.39, 0.29) is 0 Å². The third-order valence-electron chi connectivity index (χ3n) is 3.55. The second-order valence-electron chi connectivity index (χ2n) is 4.53. The van der Waals surface area contributed by atoms with Gasteiger partial charge in [-0.2, -0.15) is 0 Å².